The van der Waals surface area contributed by atoms with Crippen LogP contribution in [0.15, 0.2) is 23.3 Å². The van der Waals surface area contributed by atoms with Crippen molar-refractivity contribution in [1.29, 1.82) is 0 Å². The fraction of sp³-hybridized carbons (Fsp3) is 0.810. The maximum atomic E-state index is 6.67. The van der Waals surface area contributed by atoms with Crippen molar-refractivity contribution in [3.05, 3.63) is 23.3 Å². The third kappa shape index (κ3) is 4.70. The molecule has 132 valence electrons. The zero-order chi connectivity index (χ0) is 17.1. The topological polar surface area (TPSA) is 18.5 Å². The van der Waals surface area contributed by atoms with Gasteiger partial charge in [0.2, 0.25) is 0 Å². The van der Waals surface area contributed by atoms with E-state index < -0.39 is 0 Å². The van der Waals surface area contributed by atoms with E-state index in [1.54, 1.807) is 0 Å². The second-order valence-corrected chi connectivity index (χ2v) is 8.39. The van der Waals surface area contributed by atoms with Gasteiger partial charge in [0.15, 0.2) is 0 Å². The Morgan fingerprint density at radius 3 is 2.39 bits per heavy atom. The first kappa shape index (κ1) is 18.7. The molecule has 2 nitrogen and oxygen atoms in total. The second kappa shape index (κ2) is 7.53. The van der Waals surface area contributed by atoms with Crippen LogP contribution in [0.2, 0.25) is 0 Å². The van der Waals surface area contributed by atoms with Crippen LogP contribution in [-0.2, 0) is 9.47 Å². The van der Waals surface area contributed by atoms with Crippen molar-refractivity contribution in [3.63, 3.8) is 0 Å². The molecule has 1 saturated heterocycles. The summed E-state index contributed by atoms with van der Waals surface area (Å²) in [6.07, 6.45) is 13.0. The van der Waals surface area contributed by atoms with E-state index in [-0.39, 0.29) is 17.3 Å². The Labute approximate surface area is 143 Å². The average molecular weight is 321 g/mol. The Bertz CT molecular complexity index is 460. The first-order valence-electron chi connectivity index (χ1n) is 9.31. The molecule has 1 aliphatic carbocycles. The summed E-state index contributed by atoms with van der Waals surface area (Å²) < 4.78 is 12.5. The molecule has 3 rings (SSSR count). The molecule has 0 spiro atoms. The maximum absolute atomic E-state index is 6.67. The van der Waals surface area contributed by atoms with Gasteiger partial charge in [0.1, 0.15) is 0 Å². The first-order valence-corrected chi connectivity index (χ1v) is 9.31. The van der Waals surface area contributed by atoms with Crippen LogP contribution in [-0.4, -0.2) is 24.4 Å². The molecule has 2 heteroatoms. The molecule has 23 heavy (non-hydrogen) atoms. The molecule has 2 heterocycles. The van der Waals surface area contributed by atoms with Crippen molar-refractivity contribution in [3.8, 4) is 0 Å². The SMILES string of the molecule is CO[C@@H]1C[C@H]2CC/C(C)=C\CC/C(C)=C\CC[C@]1(C)OC2(C)C. The van der Waals surface area contributed by atoms with Crippen molar-refractivity contribution in [1.82, 2.24) is 0 Å². The number of methoxy groups -OCH3 is 1. The molecule has 0 unspecified atom stereocenters. The van der Waals surface area contributed by atoms with Crippen LogP contribution >= 0.6 is 0 Å². The molecule has 0 amide bonds. The van der Waals surface area contributed by atoms with E-state index in [0.29, 0.717) is 5.92 Å². The van der Waals surface area contributed by atoms with Gasteiger partial charge in [-0.2, -0.15) is 0 Å². The average Bonchev–Trinajstić information content (AvgIpc) is 2.44. The Balaban J connectivity index is 2.26. The lowest BCUT2D eigenvalue weighted by atomic mass is 9.73. The van der Waals surface area contributed by atoms with Crippen molar-refractivity contribution >= 4 is 0 Å². The number of rotatable bonds is 1. The summed E-state index contributed by atoms with van der Waals surface area (Å²) in [4.78, 5) is 0. The lowest BCUT2D eigenvalue weighted by Gasteiger charge is -2.52. The lowest BCUT2D eigenvalue weighted by Crippen LogP contribution is -2.57. The van der Waals surface area contributed by atoms with Gasteiger partial charge in [-0.3, -0.25) is 0 Å². The predicted molar refractivity (Wildman–Crippen MR) is 97.7 cm³/mol. The Morgan fingerprint density at radius 2 is 1.70 bits per heavy atom. The van der Waals surface area contributed by atoms with Crippen LogP contribution in [0.4, 0.5) is 0 Å². The van der Waals surface area contributed by atoms with E-state index in [4.69, 9.17) is 9.47 Å². The zero-order valence-electron chi connectivity index (χ0n) is 16.1. The van der Waals surface area contributed by atoms with Gasteiger partial charge >= 0.3 is 0 Å². The summed E-state index contributed by atoms with van der Waals surface area (Å²) in [6, 6.07) is 0. The number of hydrogen-bond acceptors (Lipinski definition) is 2. The van der Waals surface area contributed by atoms with Gasteiger partial charge in [-0.25, -0.2) is 0 Å². The number of ether oxygens (including phenoxy) is 2. The number of fused-ring (bicyclic) bond motifs is 9. The van der Waals surface area contributed by atoms with Gasteiger partial charge in [-0.15, -0.1) is 0 Å². The van der Waals surface area contributed by atoms with E-state index >= 15 is 0 Å². The van der Waals surface area contributed by atoms with Crippen molar-refractivity contribution in [2.75, 3.05) is 7.11 Å². The summed E-state index contributed by atoms with van der Waals surface area (Å²) in [5, 5.41) is 0. The highest BCUT2D eigenvalue weighted by Gasteiger charge is 2.49. The van der Waals surface area contributed by atoms with E-state index in [9.17, 15) is 0 Å². The van der Waals surface area contributed by atoms with Gasteiger partial charge < -0.3 is 9.47 Å². The van der Waals surface area contributed by atoms with E-state index in [2.05, 4.69) is 46.8 Å². The minimum atomic E-state index is -0.180. The van der Waals surface area contributed by atoms with E-state index in [1.165, 1.54) is 36.8 Å². The highest BCUT2D eigenvalue weighted by atomic mass is 16.6. The van der Waals surface area contributed by atoms with Crippen molar-refractivity contribution in [2.24, 2.45) is 5.92 Å². The van der Waals surface area contributed by atoms with Crippen LogP contribution in [0.25, 0.3) is 0 Å². The molecule has 1 fully saturated rings. The summed E-state index contributed by atoms with van der Waals surface area (Å²) >= 11 is 0. The molecular formula is C21H36O2. The molecule has 3 atom stereocenters. The van der Waals surface area contributed by atoms with Gasteiger partial charge in [0.05, 0.1) is 17.3 Å². The lowest BCUT2D eigenvalue weighted by molar-refractivity contribution is -0.249. The summed E-state index contributed by atoms with van der Waals surface area (Å²) in [6.45, 7) is 11.3. The molecule has 0 aromatic carbocycles. The molecule has 3 aliphatic rings. The second-order valence-electron chi connectivity index (χ2n) is 8.39. The Morgan fingerprint density at radius 1 is 1.04 bits per heavy atom. The fourth-order valence-electron chi connectivity index (χ4n) is 4.32. The first-order chi connectivity index (χ1) is 10.8. The molecule has 0 aromatic heterocycles. The van der Waals surface area contributed by atoms with Crippen LogP contribution in [0.1, 0.15) is 79.6 Å². The minimum absolute atomic E-state index is 0.0765. The molecule has 0 radical (unpaired) electrons. The largest absolute Gasteiger partial charge is 0.378 e. The van der Waals surface area contributed by atoms with Crippen LogP contribution in [0.3, 0.4) is 0 Å². The van der Waals surface area contributed by atoms with E-state index in [0.717, 1.165) is 19.3 Å². The van der Waals surface area contributed by atoms with Gasteiger partial charge in [-0.05, 0) is 85.5 Å². The van der Waals surface area contributed by atoms with Gasteiger partial charge in [0, 0.05) is 7.11 Å². The smallest absolute Gasteiger partial charge is 0.0925 e. The third-order valence-electron chi connectivity index (χ3n) is 6.00. The molecule has 0 saturated carbocycles. The normalized spacial score (nSPS) is 40.6. The number of allylic oxidation sites excluding steroid dienone is 4. The summed E-state index contributed by atoms with van der Waals surface area (Å²) in [5.74, 6) is 0.559. The van der Waals surface area contributed by atoms with Crippen molar-refractivity contribution < 1.29 is 9.47 Å². The third-order valence-corrected chi connectivity index (χ3v) is 6.00. The maximum Gasteiger partial charge on any atom is 0.0925 e. The standard InChI is InChI=1S/C21H36O2/c1-16-9-7-10-17(2)12-13-18-15-19(22-6)21(5,14-8-11-16)23-20(18,3)4/h10-11,18-19H,7-9,12-15H2,1-6H3/b16-11-,17-10-/t18-,19-,21+/m1/s1. The minimum Gasteiger partial charge on any atom is -0.378 e. The zero-order valence-corrected chi connectivity index (χ0v) is 16.1. The molecule has 2 bridgehead atoms. The van der Waals surface area contributed by atoms with Crippen LogP contribution in [0.5, 0.6) is 0 Å². The fourth-order valence-corrected chi connectivity index (χ4v) is 4.32. The summed E-state index contributed by atoms with van der Waals surface area (Å²) in [5.41, 5.74) is 2.76. The van der Waals surface area contributed by atoms with Crippen LogP contribution < -0.4 is 0 Å². The van der Waals surface area contributed by atoms with Crippen molar-refractivity contribution in [2.45, 2.75) is 96.9 Å². The highest BCUT2D eigenvalue weighted by Crippen LogP contribution is 2.45. The molecular weight excluding hydrogens is 284 g/mol. The monoisotopic (exact) mass is 320 g/mol. The van der Waals surface area contributed by atoms with Crippen LogP contribution in [0, 0.1) is 5.92 Å². The van der Waals surface area contributed by atoms with E-state index in [1.807, 2.05) is 7.11 Å². The molecule has 0 N–H and O–H groups in total. The summed E-state index contributed by atoms with van der Waals surface area (Å²) in [7, 11) is 1.84. The Hall–Kier alpha value is -0.600. The predicted octanol–water partition coefficient (Wildman–Crippen LogP) is 5.82. The highest BCUT2D eigenvalue weighted by molar-refractivity contribution is 5.07. The van der Waals surface area contributed by atoms with Gasteiger partial charge in [0.25, 0.3) is 0 Å². The molecule has 2 aliphatic heterocycles. The van der Waals surface area contributed by atoms with Gasteiger partial charge in [-0.1, -0.05) is 23.3 Å². The number of hydrogen-bond donors (Lipinski definition) is 0. The molecule has 0 aromatic rings. The Kier molecular flexibility index (Phi) is 6.13. The quantitative estimate of drug-likeness (QED) is 0.567.